The molecule has 12 rings (SSSR count). The molecule has 4 N–H and O–H groups in total. The van der Waals surface area contributed by atoms with E-state index in [1.54, 1.807) is 24.3 Å². The number of hydrogen-bond donors (Lipinski definition) is 2. The summed E-state index contributed by atoms with van der Waals surface area (Å²) < 4.78 is 24.7. The van der Waals surface area contributed by atoms with Gasteiger partial charge in [0.15, 0.2) is 0 Å². The van der Waals surface area contributed by atoms with Gasteiger partial charge in [-0.2, -0.15) is 0 Å². The fraction of sp³-hybridized carbons (Fsp3) is 0.284. The highest BCUT2D eigenvalue weighted by Crippen LogP contribution is 2.35. The van der Waals surface area contributed by atoms with Crippen LogP contribution in [0.2, 0.25) is 0 Å². The Morgan fingerprint density at radius 2 is 0.452 bits per heavy atom. The fourth-order valence-electron chi connectivity index (χ4n) is 11.4. The van der Waals surface area contributed by atoms with Crippen molar-refractivity contribution < 1.29 is 18.9 Å². The highest BCUT2D eigenvalue weighted by molar-refractivity contribution is 5.62. The van der Waals surface area contributed by atoms with Gasteiger partial charge in [-0.05, 0) is 235 Å². The maximum absolute atomic E-state index is 6.37. The lowest BCUT2D eigenvalue weighted by atomic mass is 10.1. The van der Waals surface area contributed by atoms with Crippen molar-refractivity contribution >= 4 is 45.5 Å². The van der Waals surface area contributed by atoms with E-state index >= 15 is 0 Å². The molecule has 0 amide bonds. The van der Waals surface area contributed by atoms with Crippen molar-refractivity contribution in [2.24, 2.45) is 5.92 Å². The molecule has 84 heavy (non-hydrogen) atoms. The predicted octanol–water partition coefficient (Wildman–Crippen LogP) is 11.9. The molecule has 4 heterocycles. The van der Waals surface area contributed by atoms with Gasteiger partial charge in [-0.25, -0.2) is 0 Å². The first-order valence-corrected chi connectivity index (χ1v) is 28.7. The number of ether oxygens (including phenoxy) is 4. The third-order valence-electron chi connectivity index (χ3n) is 15.1. The van der Waals surface area contributed by atoms with Gasteiger partial charge in [0.05, 0.1) is 66.7 Å². The van der Waals surface area contributed by atoms with Gasteiger partial charge in [-0.1, -0.05) is 6.92 Å². The number of hydrogen-bond acceptors (Lipinski definition) is 17. The summed E-state index contributed by atoms with van der Waals surface area (Å²) in [5.41, 5.74) is 19.5. The van der Waals surface area contributed by atoms with Crippen LogP contribution < -0.4 is 59.8 Å². The van der Waals surface area contributed by atoms with Gasteiger partial charge >= 0.3 is 0 Å². The molecule has 8 aromatic carbocycles. The van der Waals surface area contributed by atoms with Crippen LogP contribution in [0.5, 0.6) is 46.0 Å². The van der Waals surface area contributed by atoms with E-state index in [-0.39, 0.29) is 0 Å². The Hall–Kier alpha value is -8.84. The third-order valence-corrected chi connectivity index (χ3v) is 15.1. The maximum Gasteiger partial charge on any atom is 0.127 e. The molecule has 1 atom stereocenters. The summed E-state index contributed by atoms with van der Waals surface area (Å²) in [6, 6.07) is 65.1. The lowest BCUT2D eigenvalue weighted by molar-refractivity contribution is 0.135. The molecule has 1 unspecified atom stereocenters. The molecule has 4 fully saturated rings. The Kier molecular flexibility index (Phi) is 17.8. The minimum Gasteiger partial charge on any atom is -0.457 e. The van der Waals surface area contributed by atoms with E-state index in [0.717, 1.165) is 134 Å². The summed E-state index contributed by atoms with van der Waals surface area (Å²) in [6.45, 7) is 13.1. The predicted molar refractivity (Wildman–Crippen MR) is 342 cm³/mol. The van der Waals surface area contributed by atoms with E-state index in [0.29, 0.717) is 25.9 Å². The van der Waals surface area contributed by atoms with Crippen LogP contribution in [0.4, 0.5) is 45.5 Å². The molecule has 0 spiro atoms. The fourth-order valence-corrected chi connectivity index (χ4v) is 11.4. The van der Waals surface area contributed by atoms with Crippen LogP contribution in [0, 0.1) is 5.92 Å². The molecule has 0 bridgehead atoms. The summed E-state index contributed by atoms with van der Waals surface area (Å²) in [4.78, 5) is 25.9. The molecule has 4 aliphatic rings. The van der Waals surface area contributed by atoms with Gasteiger partial charge in [-0.3, -0.25) is 24.5 Å². The molecule has 0 saturated carbocycles. The number of nitrogen functional groups attached to an aromatic ring is 2. The summed E-state index contributed by atoms with van der Waals surface area (Å²) in [6.07, 6.45) is 0. The van der Waals surface area contributed by atoms with Gasteiger partial charge < -0.3 is 59.8 Å². The molecule has 4 aliphatic heterocycles. The topological polar surface area (TPSA) is 125 Å². The normalized spacial score (nSPS) is 17.6. The van der Waals surface area contributed by atoms with Crippen molar-refractivity contribution in [1.29, 1.82) is 0 Å². The van der Waals surface area contributed by atoms with E-state index in [9.17, 15) is 0 Å². The molecule has 17 nitrogen and oxygen atoms in total. The quantitative estimate of drug-likeness (QED) is 0.100. The van der Waals surface area contributed by atoms with E-state index in [4.69, 9.17) is 30.4 Å². The molecular weight excluding hydrogens is 1050 g/mol. The first-order valence-electron chi connectivity index (χ1n) is 28.7. The molecule has 436 valence electrons. The van der Waals surface area contributed by atoms with E-state index in [2.05, 4.69) is 242 Å². The SMILES string of the molecule is CC1CN(C)CN(c2ccc(Oc3ccc(N4CN(c5ccc(Oc6ccc(N7CN(C)CN(C)C7)cc6)cc5)CN(c5ccc(Oc6ccc(N7CN(C)CN(C)C7)cc6)cc5)C4)cc3)cc2)C1.Nc1ccc(Oc2ccc(N)cc2)cc1. The van der Waals surface area contributed by atoms with Gasteiger partial charge in [0.1, 0.15) is 46.0 Å². The van der Waals surface area contributed by atoms with Crippen molar-refractivity contribution in [3.63, 3.8) is 0 Å². The van der Waals surface area contributed by atoms with Crippen LogP contribution in [0.1, 0.15) is 6.92 Å². The smallest absolute Gasteiger partial charge is 0.127 e. The van der Waals surface area contributed by atoms with Gasteiger partial charge in [0.2, 0.25) is 0 Å². The van der Waals surface area contributed by atoms with E-state index < -0.39 is 0 Å². The zero-order chi connectivity index (χ0) is 58.1. The van der Waals surface area contributed by atoms with Crippen LogP contribution in [-0.4, -0.2) is 140 Å². The molecule has 0 aromatic heterocycles. The minimum atomic E-state index is 0.632. The monoisotopic (exact) mass is 1130 g/mol. The molecule has 17 heteroatoms. The van der Waals surface area contributed by atoms with Crippen LogP contribution in [0.15, 0.2) is 194 Å². The second-order valence-corrected chi connectivity index (χ2v) is 22.9. The Morgan fingerprint density at radius 3 is 0.690 bits per heavy atom. The average Bonchev–Trinajstić information content (AvgIpc) is 3.69. The Labute approximate surface area is 495 Å². The van der Waals surface area contributed by atoms with E-state index in [1.807, 2.05) is 24.3 Å². The number of anilines is 8. The third kappa shape index (κ3) is 15.0. The Balaban J connectivity index is 0.000000425. The van der Waals surface area contributed by atoms with Crippen molar-refractivity contribution in [3.05, 3.63) is 194 Å². The van der Waals surface area contributed by atoms with E-state index in [1.165, 1.54) is 17.1 Å². The lowest BCUT2D eigenvalue weighted by Crippen LogP contribution is -2.55. The zero-order valence-corrected chi connectivity index (χ0v) is 49.2. The number of benzene rings is 8. The molecule has 0 radical (unpaired) electrons. The number of nitrogens with zero attached hydrogens (tertiary/aromatic N) is 11. The second-order valence-electron chi connectivity index (χ2n) is 22.9. The highest BCUT2D eigenvalue weighted by Gasteiger charge is 2.26. The van der Waals surface area contributed by atoms with Crippen LogP contribution in [-0.2, 0) is 0 Å². The summed E-state index contributed by atoms with van der Waals surface area (Å²) in [5.74, 6) is 7.00. The van der Waals surface area contributed by atoms with Crippen molar-refractivity contribution in [2.75, 3.05) is 156 Å². The summed E-state index contributed by atoms with van der Waals surface area (Å²) in [5, 5.41) is 0. The largest absolute Gasteiger partial charge is 0.457 e. The van der Waals surface area contributed by atoms with Gasteiger partial charge in [-0.15, -0.1) is 0 Å². The Bertz CT molecular complexity index is 2980. The first-order chi connectivity index (χ1) is 40.7. The van der Waals surface area contributed by atoms with Crippen LogP contribution in [0.25, 0.3) is 0 Å². The summed E-state index contributed by atoms with van der Waals surface area (Å²) in [7, 11) is 10.8. The molecule has 4 saturated heterocycles. The standard InChI is InChI=1S/C55H67N11O3.C12H12N2O/c1-43-31-56(2)35-61(32-43)44-7-19-50(20-8-44)67-53-25-13-47(14-26-53)64-40-65(48-15-27-54(28-16-48)68-51-21-9-45(10-22-51)62-36-57(3)33-58(4)37-62)42-66(41-64)49-17-29-55(30-18-49)69-52-23-11-46(12-24-52)63-38-59(5)34-60(6)39-63;13-9-1-5-11(6-2-9)15-12-7-3-10(14)4-8-12/h7-30,43H,31-42H2,1-6H3;1-8H,13-14H2. The zero-order valence-electron chi connectivity index (χ0n) is 49.2. The van der Waals surface area contributed by atoms with Gasteiger partial charge in [0.25, 0.3) is 0 Å². The maximum atomic E-state index is 6.37. The van der Waals surface area contributed by atoms with Gasteiger partial charge in [0, 0.05) is 58.6 Å². The number of rotatable bonds is 14. The van der Waals surface area contributed by atoms with Crippen molar-refractivity contribution in [3.8, 4) is 46.0 Å². The van der Waals surface area contributed by atoms with Crippen LogP contribution in [0.3, 0.4) is 0 Å². The Morgan fingerprint density at radius 1 is 0.250 bits per heavy atom. The highest BCUT2D eigenvalue weighted by atomic mass is 16.5. The molecule has 8 aromatic rings. The minimum absolute atomic E-state index is 0.632. The van der Waals surface area contributed by atoms with Crippen molar-refractivity contribution in [2.45, 2.75) is 6.92 Å². The lowest BCUT2D eigenvalue weighted by Gasteiger charge is -2.45. The molecule has 0 aliphatic carbocycles. The van der Waals surface area contributed by atoms with Crippen molar-refractivity contribution in [1.82, 2.24) is 24.5 Å². The molecular formula is C67H79N13O4. The summed E-state index contributed by atoms with van der Waals surface area (Å²) >= 11 is 0. The van der Waals surface area contributed by atoms with Crippen LogP contribution >= 0.6 is 0 Å². The average molecular weight is 1130 g/mol. The number of nitrogens with two attached hydrogens (primary N) is 2. The second kappa shape index (κ2) is 26.2. The first kappa shape index (κ1) is 57.0.